The Labute approximate surface area is 166 Å². The molecule has 3 aromatic carbocycles. The van der Waals surface area contributed by atoms with Crippen LogP contribution in [0.15, 0.2) is 88.2 Å². The number of benzene rings is 3. The van der Waals surface area contributed by atoms with Gasteiger partial charge < -0.3 is 5.32 Å². The monoisotopic (exact) mass is 444 g/mol. The van der Waals surface area contributed by atoms with Gasteiger partial charge in [0.2, 0.25) is 0 Å². The Balaban J connectivity index is 1.71. The number of nitrogens with one attached hydrogen (secondary N) is 2. The summed E-state index contributed by atoms with van der Waals surface area (Å²) < 4.78 is 28.2. The molecule has 27 heavy (non-hydrogen) atoms. The first kappa shape index (κ1) is 19.1. The highest BCUT2D eigenvalue weighted by Gasteiger charge is 2.15. The van der Waals surface area contributed by atoms with Gasteiger partial charge in [-0.25, -0.2) is 8.42 Å². The summed E-state index contributed by atoms with van der Waals surface area (Å²) in [4.78, 5) is 12.5. The second-order valence-electron chi connectivity index (χ2n) is 5.81. The molecule has 0 unspecified atom stereocenters. The topological polar surface area (TPSA) is 75.3 Å². The van der Waals surface area contributed by atoms with Crippen molar-refractivity contribution in [2.75, 3.05) is 4.72 Å². The van der Waals surface area contributed by atoms with Crippen LogP contribution >= 0.6 is 15.9 Å². The molecular weight excluding hydrogens is 428 g/mol. The van der Waals surface area contributed by atoms with E-state index >= 15 is 0 Å². The zero-order chi connectivity index (χ0) is 19.3. The van der Waals surface area contributed by atoms with Gasteiger partial charge in [-0.05, 0) is 48.0 Å². The van der Waals surface area contributed by atoms with Crippen molar-refractivity contribution in [3.63, 3.8) is 0 Å². The summed E-state index contributed by atoms with van der Waals surface area (Å²) in [5, 5.41) is 2.82. The van der Waals surface area contributed by atoms with E-state index in [1.165, 1.54) is 18.2 Å². The summed E-state index contributed by atoms with van der Waals surface area (Å²) in [7, 11) is -3.73. The minimum absolute atomic E-state index is 0.143. The highest BCUT2D eigenvalue weighted by Crippen LogP contribution is 2.19. The molecule has 3 rings (SSSR count). The SMILES string of the molecule is O=C(NCc1ccccc1)c1cccc(NS(=O)(=O)c2ccc(Br)cc2)c1. The second kappa shape index (κ2) is 8.37. The number of carbonyl (C=O) groups is 1. The van der Waals surface area contributed by atoms with Crippen LogP contribution in [0.4, 0.5) is 5.69 Å². The van der Waals surface area contributed by atoms with Gasteiger partial charge in [-0.3, -0.25) is 9.52 Å². The highest BCUT2D eigenvalue weighted by atomic mass is 79.9. The second-order valence-corrected chi connectivity index (χ2v) is 8.41. The normalized spacial score (nSPS) is 11.0. The maximum absolute atomic E-state index is 12.5. The molecule has 0 saturated carbocycles. The van der Waals surface area contributed by atoms with Gasteiger partial charge in [-0.15, -0.1) is 0 Å². The largest absolute Gasteiger partial charge is 0.348 e. The van der Waals surface area contributed by atoms with Gasteiger partial charge in [0.25, 0.3) is 15.9 Å². The van der Waals surface area contributed by atoms with Crippen molar-refractivity contribution >= 4 is 37.5 Å². The zero-order valence-corrected chi connectivity index (χ0v) is 16.6. The molecule has 0 aliphatic rings. The molecule has 138 valence electrons. The lowest BCUT2D eigenvalue weighted by atomic mass is 10.2. The lowest BCUT2D eigenvalue weighted by Gasteiger charge is -2.10. The van der Waals surface area contributed by atoms with E-state index in [-0.39, 0.29) is 10.8 Å². The molecule has 0 fully saturated rings. The molecule has 0 radical (unpaired) electrons. The predicted molar refractivity (Wildman–Crippen MR) is 109 cm³/mol. The summed E-state index contributed by atoms with van der Waals surface area (Å²) in [5.41, 5.74) is 1.69. The maximum atomic E-state index is 12.5. The van der Waals surface area contributed by atoms with Crippen LogP contribution in [-0.2, 0) is 16.6 Å². The molecule has 0 spiro atoms. The van der Waals surface area contributed by atoms with Crippen LogP contribution < -0.4 is 10.0 Å². The number of hydrogen-bond acceptors (Lipinski definition) is 3. The summed E-state index contributed by atoms with van der Waals surface area (Å²) in [5.74, 6) is -0.274. The van der Waals surface area contributed by atoms with E-state index < -0.39 is 10.0 Å². The molecule has 0 aliphatic carbocycles. The van der Waals surface area contributed by atoms with Crippen LogP contribution in [0, 0.1) is 0 Å². The third kappa shape index (κ3) is 5.18. The Bertz CT molecular complexity index is 1040. The fourth-order valence-electron chi connectivity index (χ4n) is 2.43. The van der Waals surface area contributed by atoms with E-state index in [2.05, 4.69) is 26.0 Å². The van der Waals surface area contributed by atoms with Gasteiger partial charge in [0.1, 0.15) is 0 Å². The van der Waals surface area contributed by atoms with Gasteiger partial charge >= 0.3 is 0 Å². The molecule has 2 N–H and O–H groups in total. The van der Waals surface area contributed by atoms with E-state index in [1.54, 1.807) is 30.3 Å². The molecule has 0 bridgehead atoms. The summed E-state index contributed by atoms with van der Waals surface area (Å²) in [6, 6.07) is 22.3. The van der Waals surface area contributed by atoms with Crippen molar-refractivity contribution in [1.29, 1.82) is 0 Å². The van der Waals surface area contributed by atoms with Crippen LogP contribution in [0.5, 0.6) is 0 Å². The highest BCUT2D eigenvalue weighted by molar-refractivity contribution is 9.10. The van der Waals surface area contributed by atoms with Crippen molar-refractivity contribution in [3.05, 3.63) is 94.5 Å². The van der Waals surface area contributed by atoms with Crippen LogP contribution in [0.3, 0.4) is 0 Å². The van der Waals surface area contributed by atoms with Crippen molar-refractivity contribution in [1.82, 2.24) is 5.32 Å². The van der Waals surface area contributed by atoms with E-state index in [0.717, 1.165) is 10.0 Å². The molecule has 5 nitrogen and oxygen atoms in total. The summed E-state index contributed by atoms with van der Waals surface area (Å²) in [6.07, 6.45) is 0. The van der Waals surface area contributed by atoms with Crippen molar-refractivity contribution in [2.24, 2.45) is 0 Å². The van der Waals surface area contributed by atoms with E-state index in [1.807, 2.05) is 30.3 Å². The molecule has 0 saturated heterocycles. The molecular formula is C20H17BrN2O3S. The van der Waals surface area contributed by atoms with E-state index in [4.69, 9.17) is 0 Å². The Morgan fingerprint density at radius 3 is 2.30 bits per heavy atom. The smallest absolute Gasteiger partial charge is 0.261 e. The van der Waals surface area contributed by atoms with Crippen molar-refractivity contribution in [2.45, 2.75) is 11.4 Å². The minimum Gasteiger partial charge on any atom is -0.348 e. The lowest BCUT2D eigenvalue weighted by Crippen LogP contribution is -2.23. The van der Waals surface area contributed by atoms with E-state index in [0.29, 0.717) is 17.8 Å². The molecule has 0 atom stereocenters. The Kier molecular flexibility index (Phi) is 5.93. The van der Waals surface area contributed by atoms with Crippen LogP contribution in [0.2, 0.25) is 0 Å². The fraction of sp³-hybridized carbons (Fsp3) is 0.0500. The third-order valence-electron chi connectivity index (χ3n) is 3.80. The number of sulfonamides is 1. The fourth-order valence-corrected chi connectivity index (χ4v) is 3.75. The third-order valence-corrected chi connectivity index (χ3v) is 5.72. The molecule has 0 heterocycles. The van der Waals surface area contributed by atoms with Gasteiger partial charge in [-0.1, -0.05) is 52.3 Å². The number of hydrogen-bond donors (Lipinski definition) is 2. The number of halogens is 1. The zero-order valence-electron chi connectivity index (χ0n) is 14.2. The van der Waals surface area contributed by atoms with E-state index in [9.17, 15) is 13.2 Å². The van der Waals surface area contributed by atoms with Crippen LogP contribution in [0.25, 0.3) is 0 Å². The first-order chi connectivity index (χ1) is 12.9. The molecule has 7 heteroatoms. The Morgan fingerprint density at radius 2 is 1.59 bits per heavy atom. The molecule has 0 aliphatic heterocycles. The Hall–Kier alpha value is -2.64. The first-order valence-electron chi connectivity index (χ1n) is 8.15. The summed E-state index contributed by atoms with van der Waals surface area (Å²) in [6.45, 7) is 0.397. The quantitative estimate of drug-likeness (QED) is 0.598. The molecule has 0 aromatic heterocycles. The van der Waals surface area contributed by atoms with Gasteiger partial charge in [-0.2, -0.15) is 0 Å². The van der Waals surface area contributed by atoms with Crippen LogP contribution in [-0.4, -0.2) is 14.3 Å². The number of amides is 1. The standard InChI is InChI=1S/C20H17BrN2O3S/c21-17-9-11-19(12-10-17)27(25,26)23-18-8-4-7-16(13-18)20(24)22-14-15-5-2-1-3-6-15/h1-13,23H,14H2,(H,22,24). The predicted octanol–water partition coefficient (Wildman–Crippen LogP) is 4.18. The van der Waals surface area contributed by atoms with Crippen molar-refractivity contribution < 1.29 is 13.2 Å². The molecule has 3 aromatic rings. The van der Waals surface area contributed by atoms with Gasteiger partial charge in [0, 0.05) is 22.3 Å². The van der Waals surface area contributed by atoms with Gasteiger partial charge in [0.15, 0.2) is 0 Å². The number of carbonyl (C=O) groups excluding carboxylic acids is 1. The lowest BCUT2D eigenvalue weighted by molar-refractivity contribution is 0.0951. The first-order valence-corrected chi connectivity index (χ1v) is 10.4. The summed E-state index contributed by atoms with van der Waals surface area (Å²) >= 11 is 3.28. The average molecular weight is 445 g/mol. The van der Waals surface area contributed by atoms with Gasteiger partial charge in [0.05, 0.1) is 4.90 Å². The minimum atomic E-state index is -3.73. The van der Waals surface area contributed by atoms with Crippen LogP contribution in [0.1, 0.15) is 15.9 Å². The number of rotatable bonds is 6. The molecule has 1 amide bonds. The maximum Gasteiger partial charge on any atom is 0.261 e. The average Bonchev–Trinajstić information content (AvgIpc) is 2.67. The van der Waals surface area contributed by atoms with Crippen molar-refractivity contribution in [3.8, 4) is 0 Å². The number of anilines is 1. The Morgan fingerprint density at radius 1 is 0.889 bits per heavy atom.